The standard InChI is InChI=1S/C9H10F3NO2/c1-5-3-6(9(10,11)12)4-8(2,13-5)7(14)15/h3-4,13H,1-2H3,(H,14,15). The van der Waals surface area contributed by atoms with Gasteiger partial charge >= 0.3 is 12.1 Å². The fourth-order valence-corrected chi connectivity index (χ4v) is 1.35. The van der Waals surface area contributed by atoms with Gasteiger partial charge in [0.2, 0.25) is 0 Å². The number of hydrogen-bond donors (Lipinski definition) is 2. The Balaban J connectivity index is 3.18. The van der Waals surface area contributed by atoms with Crippen molar-refractivity contribution in [3.63, 3.8) is 0 Å². The van der Waals surface area contributed by atoms with Gasteiger partial charge in [-0.3, -0.25) is 0 Å². The summed E-state index contributed by atoms with van der Waals surface area (Å²) in [7, 11) is 0. The van der Waals surface area contributed by atoms with Gasteiger partial charge in [-0.2, -0.15) is 13.2 Å². The Labute approximate surface area is 84.3 Å². The first-order chi connectivity index (χ1) is 6.65. The number of allylic oxidation sites excluding steroid dienone is 3. The van der Waals surface area contributed by atoms with Gasteiger partial charge in [-0.15, -0.1) is 0 Å². The molecule has 3 nitrogen and oxygen atoms in total. The van der Waals surface area contributed by atoms with Crippen LogP contribution >= 0.6 is 0 Å². The largest absolute Gasteiger partial charge is 0.479 e. The zero-order valence-corrected chi connectivity index (χ0v) is 8.14. The van der Waals surface area contributed by atoms with E-state index in [1.54, 1.807) is 0 Å². The lowest BCUT2D eigenvalue weighted by Crippen LogP contribution is -2.49. The topological polar surface area (TPSA) is 49.3 Å². The summed E-state index contributed by atoms with van der Waals surface area (Å²) in [6.45, 7) is 2.57. The summed E-state index contributed by atoms with van der Waals surface area (Å²) in [6.07, 6.45) is -2.98. The van der Waals surface area contributed by atoms with Crippen LogP contribution in [0.4, 0.5) is 13.2 Å². The summed E-state index contributed by atoms with van der Waals surface area (Å²) in [6, 6.07) is 0. The van der Waals surface area contributed by atoms with Crippen LogP contribution in [0.1, 0.15) is 13.8 Å². The maximum absolute atomic E-state index is 12.4. The van der Waals surface area contributed by atoms with E-state index in [0.717, 1.165) is 6.08 Å². The molecule has 1 aliphatic rings. The average Bonchev–Trinajstić information content (AvgIpc) is 2.00. The normalized spacial score (nSPS) is 26.5. The SMILES string of the molecule is CC1=CC(C(F)(F)F)=CC(C)(C(=O)O)N1. The number of aliphatic carboxylic acids is 1. The fourth-order valence-electron chi connectivity index (χ4n) is 1.35. The molecule has 0 fully saturated rings. The maximum atomic E-state index is 12.4. The molecule has 0 aliphatic carbocycles. The van der Waals surface area contributed by atoms with Crippen molar-refractivity contribution in [2.45, 2.75) is 25.6 Å². The molecule has 0 radical (unpaired) electrons. The van der Waals surface area contributed by atoms with Gasteiger partial charge in [-0.25, -0.2) is 4.79 Å². The minimum absolute atomic E-state index is 0.176. The highest BCUT2D eigenvalue weighted by Crippen LogP contribution is 2.32. The molecule has 1 heterocycles. The lowest BCUT2D eigenvalue weighted by molar-refractivity contribution is -0.142. The molecule has 0 saturated heterocycles. The van der Waals surface area contributed by atoms with Crippen LogP contribution in [-0.2, 0) is 4.79 Å². The third kappa shape index (κ3) is 2.31. The van der Waals surface area contributed by atoms with Crippen LogP contribution < -0.4 is 5.32 Å². The number of nitrogens with one attached hydrogen (secondary N) is 1. The molecule has 1 aliphatic heterocycles. The van der Waals surface area contributed by atoms with Crippen LogP contribution in [0.25, 0.3) is 0 Å². The Morgan fingerprint density at radius 3 is 2.47 bits per heavy atom. The van der Waals surface area contributed by atoms with Crippen molar-refractivity contribution < 1.29 is 23.1 Å². The summed E-state index contributed by atoms with van der Waals surface area (Å²) >= 11 is 0. The molecule has 1 unspecified atom stereocenters. The van der Waals surface area contributed by atoms with E-state index in [0.29, 0.717) is 6.08 Å². The zero-order valence-electron chi connectivity index (χ0n) is 8.14. The fraction of sp³-hybridized carbons (Fsp3) is 0.444. The Bertz CT molecular complexity index is 357. The highest BCUT2D eigenvalue weighted by molar-refractivity contribution is 5.82. The number of rotatable bonds is 1. The van der Waals surface area contributed by atoms with E-state index in [-0.39, 0.29) is 5.70 Å². The van der Waals surface area contributed by atoms with Crippen LogP contribution in [0, 0.1) is 0 Å². The number of hydrogen-bond acceptors (Lipinski definition) is 2. The van der Waals surface area contributed by atoms with Crippen molar-refractivity contribution in [2.24, 2.45) is 0 Å². The molecule has 0 amide bonds. The lowest BCUT2D eigenvalue weighted by atomic mass is 9.94. The second kappa shape index (κ2) is 3.29. The highest BCUT2D eigenvalue weighted by Gasteiger charge is 2.41. The Kier molecular flexibility index (Phi) is 2.54. The number of carboxylic acids is 1. The summed E-state index contributed by atoms with van der Waals surface area (Å²) in [5.41, 5.74) is -2.47. The summed E-state index contributed by atoms with van der Waals surface area (Å²) in [5, 5.41) is 11.3. The maximum Gasteiger partial charge on any atom is 0.416 e. The smallest absolute Gasteiger partial charge is 0.416 e. The predicted octanol–water partition coefficient (Wildman–Crippen LogP) is 1.83. The number of halogens is 3. The van der Waals surface area contributed by atoms with Crippen molar-refractivity contribution in [2.75, 3.05) is 0 Å². The molecule has 84 valence electrons. The Morgan fingerprint density at radius 1 is 1.53 bits per heavy atom. The second-order valence-electron chi connectivity index (χ2n) is 3.56. The van der Waals surface area contributed by atoms with Crippen LogP contribution in [0.2, 0.25) is 0 Å². The average molecular weight is 221 g/mol. The van der Waals surface area contributed by atoms with Crippen molar-refractivity contribution in [1.29, 1.82) is 0 Å². The van der Waals surface area contributed by atoms with Gasteiger partial charge in [0, 0.05) is 5.70 Å². The van der Waals surface area contributed by atoms with E-state index < -0.39 is 23.3 Å². The van der Waals surface area contributed by atoms with Gasteiger partial charge in [0.1, 0.15) is 0 Å². The molecule has 0 saturated carbocycles. The van der Waals surface area contributed by atoms with Gasteiger partial charge in [-0.1, -0.05) is 0 Å². The molecule has 0 bridgehead atoms. The molecule has 0 aromatic carbocycles. The van der Waals surface area contributed by atoms with Gasteiger partial charge in [0.05, 0.1) is 5.57 Å². The van der Waals surface area contributed by atoms with E-state index in [1.165, 1.54) is 13.8 Å². The first-order valence-corrected chi connectivity index (χ1v) is 4.15. The molecule has 0 spiro atoms. The van der Waals surface area contributed by atoms with Crippen molar-refractivity contribution >= 4 is 5.97 Å². The van der Waals surface area contributed by atoms with Crippen LogP contribution in [0.5, 0.6) is 0 Å². The summed E-state index contributed by atoms with van der Waals surface area (Å²) in [5.74, 6) is -1.35. The first-order valence-electron chi connectivity index (χ1n) is 4.15. The third-order valence-electron chi connectivity index (χ3n) is 2.04. The molecule has 15 heavy (non-hydrogen) atoms. The second-order valence-corrected chi connectivity index (χ2v) is 3.56. The van der Waals surface area contributed by atoms with Gasteiger partial charge < -0.3 is 10.4 Å². The van der Waals surface area contributed by atoms with Gasteiger partial charge in [-0.05, 0) is 26.0 Å². The number of carboxylic acid groups (broad SMARTS) is 1. The molecule has 2 N–H and O–H groups in total. The van der Waals surface area contributed by atoms with E-state index in [9.17, 15) is 18.0 Å². The van der Waals surface area contributed by atoms with Gasteiger partial charge in [0.25, 0.3) is 0 Å². The molecule has 1 atom stereocenters. The van der Waals surface area contributed by atoms with Crippen LogP contribution in [-0.4, -0.2) is 22.8 Å². The monoisotopic (exact) mass is 221 g/mol. The van der Waals surface area contributed by atoms with Crippen LogP contribution in [0.3, 0.4) is 0 Å². The Hall–Kier alpha value is -1.46. The van der Waals surface area contributed by atoms with E-state index in [4.69, 9.17) is 5.11 Å². The van der Waals surface area contributed by atoms with Crippen molar-refractivity contribution in [3.05, 3.63) is 23.4 Å². The first kappa shape index (κ1) is 11.6. The minimum atomic E-state index is -4.53. The van der Waals surface area contributed by atoms with Gasteiger partial charge in [0.15, 0.2) is 5.54 Å². The molecular formula is C9H10F3NO2. The van der Waals surface area contributed by atoms with E-state index in [1.807, 2.05) is 0 Å². The minimum Gasteiger partial charge on any atom is -0.479 e. The highest BCUT2D eigenvalue weighted by atomic mass is 19.4. The number of carbonyl (C=O) groups is 1. The van der Waals surface area contributed by atoms with E-state index in [2.05, 4.69) is 5.32 Å². The van der Waals surface area contributed by atoms with E-state index >= 15 is 0 Å². The quantitative estimate of drug-likeness (QED) is 0.710. The molecule has 6 heteroatoms. The predicted molar refractivity (Wildman–Crippen MR) is 47.1 cm³/mol. The summed E-state index contributed by atoms with van der Waals surface area (Å²) in [4.78, 5) is 10.8. The van der Waals surface area contributed by atoms with Crippen LogP contribution in [0.15, 0.2) is 23.4 Å². The lowest BCUT2D eigenvalue weighted by Gasteiger charge is -2.29. The molecule has 0 aromatic rings. The van der Waals surface area contributed by atoms with Crippen molar-refractivity contribution in [1.82, 2.24) is 5.32 Å². The number of alkyl halides is 3. The molecule has 1 rings (SSSR count). The number of dihydropyridines is 1. The molecule has 0 aromatic heterocycles. The Morgan fingerprint density at radius 2 is 2.07 bits per heavy atom. The summed E-state index contributed by atoms with van der Waals surface area (Å²) < 4.78 is 37.2. The molecular weight excluding hydrogens is 211 g/mol. The zero-order chi connectivity index (χ0) is 11.9. The third-order valence-corrected chi connectivity index (χ3v) is 2.04. The van der Waals surface area contributed by atoms with Crippen molar-refractivity contribution in [3.8, 4) is 0 Å².